The van der Waals surface area contributed by atoms with Crippen LogP contribution in [0, 0.1) is 6.92 Å². The Balaban J connectivity index is 2.30. The van der Waals surface area contributed by atoms with Gasteiger partial charge in [-0.3, -0.25) is 4.79 Å². The van der Waals surface area contributed by atoms with Crippen LogP contribution in [-0.2, 0) is 0 Å². The molecule has 0 radical (unpaired) electrons. The number of aromatic nitrogens is 1. The highest BCUT2D eigenvalue weighted by Gasteiger charge is 2.26. The number of aromatic carboxylic acids is 1. The van der Waals surface area contributed by atoms with Crippen molar-refractivity contribution in [2.45, 2.75) is 25.8 Å². The molecule has 5 heteroatoms. The van der Waals surface area contributed by atoms with Crippen molar-refractivity contribution in [1.82, 2.24) is 9.47 Å². The van der Waals surface area contributed by atoms with Crippen LogP contribution in [0.15, 0.2) is 29.1 Å². The second-order valence-corrected chi connectivity index (χ2v) is 6.03. The molecule has 0 unspecified atom stereocenters. The summed E-state index contributed by atoms with van der Waals surface area (Å²) in [6.45, 7) is 3.48. The summed E-state index contributed by atoms with van der Waals surface area (Å²) < 4.78 is 1.88. The minimum atomic E-state index is -1.03. The summed E-state index contributed by atoms with van der Waals surface area (Å²) >= 11 is 0. The zero-order valence-corrected chi connectivity index (χ0v) is 12.9. The zero-order chi connectivity index (χ0) is 15.9. The number of nitrogens with zero attached hydrogens (tertiary/aromatic N) is 2. The molecular formula is C17H20N2O3. The molecule has 0 aliphatic carbocycles. The van der Waals surface area contributed by atoms with Gasteiger partial charge in [0, 0.05) is 17.0 Å². The first kappa shape index (κ1) is 14.8. The standard InChI is InChI=1S/C17H20N2O3/c1-11-15(17(21)22)19(12-7-9-18(2)10-8-12)14-6-4-3-5-13(14)16(11)20/h3-6,12H,7-10H2,1-2H3,(H,21,22). The Bertz CT molecular complexity index is 786. The number of rotatable bonds is 2. The van der Waals surface area contributed by atoms with E-state index in [1.54, 1.807) is 13.0 Å². The molecule has 22 heavy (non-hydrogen) atoms. The van der Waals surface area contributed by atoms with Gasteiger partial charge in [-0.1, -0.05) is 12.1 Å². The lowest BCUT2D eigenvalue weighted by Crippen LogP contribution is -2.34. The van der Waals surface area contributed by atoms with Gasteiger partial charge in [0.1, 0.15) is 5.69 Å². The molecule has 116 valence electrons. The molecule has 3 rings (SSSR count). The van der Waals surface area contributed by atoms with E-state index in [-0.39, 0.29) is 17.2 Å². The quantitative estimate of drug-likeness (QED) is 0.924. The fourth-order valence-corrected chi connectivity index (χ4v) is 3.38. The third kappa shape index (κ3) is 2.31. The smallest absolute Gasteiger partial charge is 0.352 e. The molecule has 0 spiro atoms. The Kier molecular flexibility index (Phi) is 3.74. The van der Waals surface area contributed by atoms with Crippen LogP contribution in [0.1, 0.15) is 34.9 Å². The van der Waals surface area contributed by atoms with Crippen molar-refractivity contribution in [1.29, 1.82) is 0 Å². The lowest BCUT2D eigenvalue weighted by molar-refractivity contribution is 0.0678. The van der Waals surface area contributed by atoms with Crippen LogP contribution in [-0.4, -0.2) is 40.7 Å². The van der Waals surface area contributed by atoms with E-state index in [0.29, 0.717) is 10.9 Å². The lowest BCUT2D eigenvalue weighted by atomic mass is 10.0. The van der Waals surface area contributed by atoms with Gasteiger partial charge in [0.15, 0.2) is 5.43 Å². The lowest BCUT2D eigenvalue weighted by Gasteiger charge is -2.33. The average Bonchev–Trinajstić information content (AvgIpc) is 2.51. The van der Waals surface area contributed by atoms with Crippen molar-refractivity contribution in [3.8, 4) is 0 Å². The number of benzene rings is 1. The minimum Gasteiger partial charge on any atom is -0.477 e. The number of carbonyl (C=O) groups is 1. The van der Waals surface area contributed by atoms with Crippen LogP contribution in [0.3, 0.4) is 0 Å². The Morgan fingerprint density at radius 1 is 1.23 bits per heavy atom. The SMILES string of the molecule is Cc1c(C(=O)O)n(C2CCN(C)CC2)c2ccccc2c1=O. The zero-order valence-electron chi connectivity index (χ0n) is 12.9. The number of hydrogen-bond acceptors (Lipinski definition) is 3. The maximum atomic E-state index is 12.5. The Morgan fingerprint density at radius 3 is 2.50 bits per heavy atom. The normalized spacial score (nSPS) is 17.0. The van der Waals surface area contributed by atoms with Gasteiger partial charge < -0.3 is 14.6 Å². The van der Waals surface area contributed by atoms with E-state index in [1.165, 1.54) is 0 Å². The van der Waals surface area contributed by atoms with Gasteiger partial charge in [0.2, 0.25) is 0 Å². The van der Waals surface area contributed by atoms with E-state index in [2.05, 4.69) is 11.9 Å². The second-order valence-electron chi connectivity index (χ2n) is 6.03. The average molecular weight is 300 g/mol. The molecule has 1 saturated heterocycles. The fourth-order valence-electron chi connectivity index (χ4n) is 3.38. The third-order valence-corrected chi connectivity index (χ3v) is 4.60. The number of hydrogen-bond donors (Lipinski definition) is 1. The molecule has 1 aromatic heterocycles. The summed E-state index contributed by atoms with van der Waals surface area (Å²) in [7, 11) is 2.07. The predicted molar refractivity (Wildman–Crippen MR) is 85.7 cm³/mol. The summed E-state index contributed by atoms with van der Waals surface area (Å²) in [4.78, 5) is 26.5. The van der Waals surface area contributed by atoms with Crippen molar-refractivity contribution >= 4 is 16.9 Å². The number of pyridine rings is 1. The summed E-state index contributed by atoms with van der Waals surface area (Å²) in [5.74, 6) is -1.03. The van der Waals surface area contributed by atoms with E-state index in [0.717, 1.165) is 31.4 Å². The number of carboxylic acid groups (broad SMARTS) is 1. The molecule has 0 atom stereocenters. The minimum absolute atomic E-state index is 0.117. The molecule has 0 amide bonds. The number of fused-ring (bicyclic) bond motifs is 1. The second kappa shape index (κ2) is 5.57. The van der Waals surface area contributed by atoms with E-state index < -0.39 is 5.97 Å². The van der Waals surface area contributed by atoms with Gasteiger partial charge in [-0.2, -0.15) is 0 Å². The summed E-state index contributed by atoms with van der Waals surface area (Å²) in [5.41, 5.74) is 1.01. The number of piperidine rings is 1. The van der Waals surface area contributed by atoms with Gasteiger partial charge in [-0.15, -0.1) is 0 Å². The highest BCUT2D eigenvalue weighted by atomic mass is 16.4. The number of carboxylic acids is 1. The molecule has 1 fully saturated rings. The molecule has 0 saturated carbocycles. The molecule has 2 heterocycles. The van der Waals surface area contributed by atoms with E-state index >= 15 is 0 Å². The van der Waals surface area contributed by atoms with Gasteiger partial charge in [0.25, 0.3) is 0 Å². The van der Waals surface area contributed by atoms with Gasteiger partial charge in [-0.25, -0.2) is 4.79 Å². The van der Waals surface area contributed by atoms with Gasteiger partial charge in [0.05, 0.1) is 5.52 Å². The topological polar surface area (TPSA) is 62.5 Å². The molecular weight excluding hydrogens is 280 g/mol. The Hall–Kier alpha value is -2.14. The molecule has 1 N–H and O–H groups in total. The Morgan fingerprint density at radius 2 is 1.86 bits per heavy atom. The number of likely N-dealkylation sites (tertiary alicyclic amines) is 1. The number of para-hydroxylation sites is 1. The third-order valence-electron chi connectivity index (χ3n) is 4.60. The fraction of sp³-hybridized carbons (Fsp3) is 0.412. The first-order chi connectivity index (χ1) is 10.5. The first-order valence-corrected chi connectivity index (χ1v) is 7.56. The molecule has 2 aromatic rings. The van der Waals surface area contributed by atoms with Crippen molar-refractivity contribution in [3.05, 3.63) is 45.7 Å². The van der Waals surface area contributed by atoms with Crippen LogP contribution >= 0.6 is 0 Å². The van der Waals surface area contributed by atoms with Crippen LogP contribution in [0.25, 0.3) is 10.9 Å². The molecule has 1 aromatic carbocycles. The molecule has 0 bridgehead atoms. The monoisotopic (exact) mass is 300 g/mol. The highest BCUT2D eigenvalue weighted by molar-refractivity contribution is 5.92. The van der Waals surface area contributed by atoms with Crippen LogP contribution in [0.2, 0.25) is 0 Å². The summed E-state index contributed by atoms with van der Waals surface area (Å²) in [5, 5.41) is 10.2. The largest absolute Gasteiger partial charge is 0.477 e. The molecule has 5 nitrogen and oxygen atoms in total. The predicted octanol–water partition coefficient (Wildman–Crippen LogP) is 2.27. The van der Waals surface area contributed by atoms with Gasteiger partial charge >= 0.3 is 5.97 Å². The van der Waals surface area contributed by atoms with E-state index in [9.17, 15) is 14.7 Å². The molecule has 1 aliphatic rings. The van der Waals surface area contributed by atoms with Crippen molar-refractivity contribution in [2.75, 3.05) is 20.1 Å². The molecule has 1 aliphatic heterocycles. The summed E-state index contributed by atoms with van der Waals surface area (Å²) in [6, 6.07) is 7.42. The van der Waals surface area contributed by atoms with Crippen LogP contribution in [0.5, 0.6) is 0 Å². The first-order valence-electron chi connectivity index (χ1n) is 7.56. The highest BCUT2D eigenvalue weighted by Crippen LogP contribution is 2.28. The van der Waals surface area contributed by atoms with Crippen molar-refractivity contribution < 1.29 is 9.90 Å². The van der Waals surface area contributed by atoms with E-state index in [4.69, 9.17) is 0 Å². The van der Waals surface area contributed by atoms with Crippen LogP contribution < -0.4 is 5.43 Å². The van der Waals surface area contributed by atoms with Crippen LogP contribution in [0.4, 0.5) is 0 Å². The van der Waals surface area contributed by atoms with Gasteiger partial charge in [-0.05, 0) is 52.0 Å². The van der Waals surface area contributed by atoms with Crippen molar-refractivity contribution in [2.24, 2.45) is 0 Å². The van der Waals surface area contributed by atoms with Crippen molar-refractivity contribution in [3.63, 3.8) is 0 Å². The maximum Gasteiger partial charge on any atom is 0.352 e. The summed E-state index contributed by atoms with van der Waals surface area (Å²) in [6.07, 6.45) is 1.78. The van der Waals surface area contributed by atoms with E-state index in [1.807, 2.05) is 22.8 Å². The maximum absolute atomic E-state index is 12.5. The Labute approximate surface area is 128 Å².